The van der Waals surface area contributed by atoms with E-state index >= 15 is 0 Å². The molecule has 0 amide bonds. The second-order valence-electron chi connectivity index (χ2n) is 3.94. The molecule has 3 nitrogen and oxygen atoms in total. The Balaban J connectivity index is 2.22. The SMILES string of the molecule is CN(Cc1cccc(Cl)n1)c1ccccc1C#N. The zero-order valence-corrected chi connectivity index (χ0v) is 10.7. The van der Waals surface area contributed by atoms with E-state index in [1.807, 2.05) is 42.3 Å². The van der Waals surface area contributed by atoms with Gasteiger partial charge in [0.2, 0.25) is 0 Å². The number of halogens is 1. The van der Waals surface area contributed by atoms with Crippen LogP contribution >= 0.6 is 11.6 Å². The summed E-state index contributed by atoms with van der Waals surface area (Å²) in [6.45, 7) is 0.610. The van der Waals surface area contributed by atoms with E-state index in [9.17, 15) is 0 Å². The van der Waals surface area contributed by atoms with Gasteiger partial charge in [0.1, 0.15) is 11.2 Å². The molecule has 0 bridgehead atoms. The molecule has 1 aromatic heterocycles. The number of anilines is 1. The van der Waals surface area contributed by atoms with Gasteiger partial charge in [0, 0.05) is 7.05 Å². The molecule has 0 aliphatic carbocycles. The molecule has 1 heterocycles. The van der Waals surface area contributed by atoms with Gasteiger partial charge in [-0.2, -0.15) is 5.26 Å². The number of hydrogen-bond acceptors (Lipinski definition) is 3. The highest BCUT2D eigenvalue weighted by atomic mass is 35.5. The maximum absolute atomic E-state index is 9.06. The highest BCUT2D eigenvalue weighted by Gasteiger charge is 2.07. The summed E-state index contributed by atoms with van der Waals surface area (Å²) in [4.78, 5) is 6.22. The fraction of sp³-hybridized carbons (Fsp3) is 0.143. The van der Waals surface area contributed by atoms with Gasteiger partial charge in [-0.15, -0.1) is 0 Å². The number of nitriles is 1. The Labute approximate surface area is 111 Å². The van der Waals surface area contributed by atoms with Crippen molar-refractivity contribution >= 4 is 17.3 Å². The maximum atomic E-state index is 9.06. The molecule has 4 heteroatoms. The van der Waals surface area contributed by atoms with Gasteiger partial charge in [0.25, 0.3) is 0 Å². The molecule has 2 rings (SSSR count). The van der Waals surface area contributed by atoms with E-state index < -0.39 is 0 Å². The molecule has 0 N–H and O–H groups in total. The minimum Gasteiger partial charge on any atom is -0.368 e. The van der Waals surface area contributed by atoms with Crippen LogP contribution in [0.3, 0.4) is 0 Å². The van der Waals surface area contributed by atoms with E-state index in [4.69, 9.17) is 16.9 Å². The third-order valence-corrected chi connectivity index (χ3v) is 2.82. The molecule has 0 aliphatic heterocycles. The van der Waals surface area contributed by atoms with E-state index in [0.29, 0.717) is 17.3 Å². The molecule has 1 aromatic carbocycles. The van der Waals surface area contributed by atoms with Gasteiger partial charge in [0.05, 0.1) is 23.5 Å². The number of rotatable bonds is 3. The maximum Gasteiger partial charge on any atom is 0.129 e. The predicted molar refractivity (Wildman–Crippen MR) is 72.5 cm³/mol. The Morgan fingerprint density at radius 1 is 1.22 bits per heavy atom. The van der Waals surface area contributed by atoms with Crippen LogP contribution in [0.25, 0.3) is 0 Å². The van der Waals surface area contributed by atoms with Crippen LogP contribution in [0.15, 0.2) is 42.5 Å². The summed E-state index contributed by atoms with van der Waals surface area (Å²) in [5, 5.41) is 9.55. The van der Waals surface area contributed by atoms with E-state index in [0.717, 1.165) is 11.4 Å². The minimum atomic E-state index is 0.481. The second-order valence-corrected chi connectivity index (χ2v) is 4.32. The average Bonchev–Trinajstić information content (AvgIpc) is 2.38. The van der Waals surface area contributed by atoms with Crippen molar-refractivity contribution in [1.82, 2.24) is 4.98 Å². The van der Waals surface area contributed by atoms with Crippen molar-refractivity contribution in [1.29, 1.82) is 5.26 Å². The van der Waals surface area contributed by atoms with E-state index in [2.05, 4.69) is 11.1 Å². The molecule has 0 fully saturated rings. The third-order valence-electron chi connectivity index (χ3n) is 2.61. The first-order valence-electron chi connectivity index (χ1n) is 5.52. The standard InChI is InChI=1S/C14H12ClN3/c1-18(10-12-6-4-8-14(15)17-12)13-7-3-2-5-11(13)9-16/h2-8H,10H2,1H3. The van der Waals surface area contributed by atoms with Gasteiger partial charge in [-0.25, -0.2) is 4.98 Å². The zero-order valence-electron chi connectivity index (χ0n) is 9.97. The van der Waals surface area contributed by atoms with Crippen molar-refractivity contribution in [2.45, 2.75) is 6.54 Å². The second kappa shape index (κ2) is 5.52. The lowest BCUT2D eigenvalue weighted by Gasteiger charge is -2.19. The van der Waals surface area contributed by atoms with E-state index in [1.165, 1.54) is 0 Å². The third kappa shape index (κ3) is 2.79. The lowest BCUT2D eigenvalue weighted by molar-refractivity contribution is 0.883. The highest BCUT2D eigenvalue weighted by Crippen LogP contribution is 2.20. The van der Waals surface area contributed by atoms with Gasteiger partial charge in [0.15, 0.2) is 0 Å². The van der Waals surface area contributed by atoms with Crippen molar-refractivity contribution in [2.75, 3.05) is 11.9 Å². The predicted octanol–water partition coefficient (Wildman–Crippen LogP) is 3.24. The summed E-state index contributed by atoms with van der Waals surface area (Å²) in [5.41, 5.74) is 2.42. The molecule has 0 radical (unpaired) electrons. The van der Waals surface area contributed by atoms with Gasteiger partial charge < -0.3 is 4.90 Å². The largest absolute Gasteiger partial charge is 0.368 e. The fourth-order valence-electron chi connectivity index (χ4n) is 1.77. The normalized spacial score (nSPS) is 9.83. The molecule has 0 saturated heterocycles. The summed E-state index contributed by atoms with van der Waals surface area (Å²) in [7, 11) is 1.93. The number of hydrogen-bond donors (Lipinski definition) is 0. The Kier molecular flexibility index (Phi) is 3.81. The smallest absolute Gasteiger partial charge is 0.129 e. The summed E-state index contributed by atoms with van der Waals surface area (Å²) in [6.07, 6.45) is 0. The minimum absolute atomic E-state index is 0.481. The molecule has 2 aromatic rings. The number of aromatic nitrogens is 1. The number of para-hydroxylation sites is 1. The van der Waals surface area contributed by atoms with Crippen molar-refractivity contribution in [3.05, 3.63) is 58.9 Å². The monoisotopic (exact) mass is 257 g/mol. The lowest BCUT2D eigenvalue weighted by atomic mass is 10.2. The summed E-state index contributed by atoms with van der Waals surface area (Å²) < 4.78 is 0. The van der Waals surface area contributed by atoms with Crippen molar-refractivity contribution in [3.63, 3.8) is 0 Å². The Bertz CT molecular complexity index is 590. The first kappa shape index (κ1) is 12.4. The van der Waals surface area contributed by atoms with Crippen molar-refractivity contribution in [2.24, 2.45) is 0 Å². The van der Waals surface area contributed by atoms with Crippen LogP contribution in [0.4, 0.5) is 5.69 Å². The van der Waals surface area contributed by atoms with Crippen molar-refractivity contribution < 1.29 is 0 Å². The molecular formula is C14H12ClN3. The van der Waals surface area contributed by atoms with Crippen LogP contribution in [-0.2, 0) is 6.54 Å². The Morgan fingerprint density at radius 2 is 2.00 bits per heavy atom. The molecule has 0 unspecified atom stereocenters. The van der Waals surface area contributed by atoms with E-state index in [1.54, 1.807) is 12.1 Å². The molecule has 0 aliphatic rings. The Hall–Kier alpha value is -2.05. The van der Waals surface area contributed by atoms with Gasteiger partial charge >= 0.3 is 0 Å². The quantitative estimate of drug-likeness (QED) is 0.793. The number of benzene rings is 1. The first-order chi connectivity index (χ1) is 8.70. The molecule has 0 atom stereocenters. The molecule has 90 valence electrons. The molecule has 0 spiro atoms. The summed E-state index contributed by atoms with van der Waals surface area (Å²) >= 11 is 5.85. The van der Waals surface area contributed by atoms with Crippen molar-refractivity contribution in [3.8, 4) is 6.07 Å². The fourth-order valence-corrected chi connectivity index (χ4v) is 1.95. The topological polar surface area (TPSA) is 39.9 Å². The number of pyridine rings is 1. The first-order valence-corrected chi connectivity index (χ1v) is 5.90. The summed E-state index contributed by atoms with van der Waals surface area (Å²) in [6, 6.07) is 15.2. The van der Waals surface area contributed by atoms with Crippen LogP contribution in [0.1, 0.15) is 11.3 Å². The van der Waals surface area contributed by atoms with E-state index in [-0.39, 0.29) is 0 Å². The Morgan fingerprint density at radius 3 is 2.72 bits per heavy atom. The van der Waals surface area contributed by atoms with Crippen LogP contribution < -0.4 is 4.90 Å². The van der Waals surface area contributed by atoms with Gasteiger partial charge in [-0.3, -0.25) is 0 Å². The molecule has 18 heavy (non-hydrogen) atoms. The molecular weight excluding hydrogens is 246 g/mol. The van der Waals surface area contributed by atoms with Crippen LogP contribution in [0.2, 0.25) is 5.15 Å². The zero-order chi connectivity index (χ0) is 13.0. The highest BCUT2D eigenvalue weighted by molar-refractivity contribution is 6.29. The lowest BCUT2D eigenvalue weighted by Crippen LogP contribution is -2.18. The van der Waals surface area contributed by atoms with Crippen LogP contribution in [0, 0.1) is 11.3 Å². The van der Waals surface area contributed by atoms with Gasteiger partial charge in [-0.05, 0) is 24.3 Å². The van der Waals surface area contributed by atoms with Gasteiger partial charge in [-0.1, -0.05) is 29.8 Å². The summed E-state index contributed by atoms with van der Waals surface area (Å²) in [5.74, 6) is 0. The average molecular weight is 258 g/mol. The van der Waals surface area contributed by atoms with Crippen LogP contribution in [0.5, 0.6) is 0 Å². The molecule has 0 saturated carbocycles. The number of nitrogens with zero attached hydrogens (tertiary/aromatic N) is 3. The van der Waals surface area contributed by atoms with Crippen LogP contribution in [-0.4, -0.2) is 12.0 Å².